The van der Waals surface area contributed by atoms with Gasteiger partial charge in [0.1, 0.15) is 5.82 Å². The number of carbonyl (C=O) groups excluding carboxylic acids is 1. The van der Waals surface area contributed by atoms with Gasteiger partial charge in [0.15, 0.2) is 5.96 Å². The van der Waals surface area contributed by atoms with Gasteiger partial charge in [0, 0.05) is 51.4 Å². The number of nitrogens with one attached hydrogen (secondary N) is 3. The molecule has 1 saturated carbocycles. The number of amides is 1. The highest BCUT2D eigenvalue weighted by molar-refractivity contribution is 6.35. The molecule has 0 spiro atoms. The van der Waals surface area contributed by atoms with Crippen LogP contribution in [0.25, 0.3) is 0 Å². The predicted octanol–water partition coefficient (Wildman–Crippen LogP) is 2.76. The molecule has 2 heterocycles. The summed E-state index contributed by atoms with van der Waals surface area (Å²) >= 11 is 12.0. The summed E-state index contributed by atoms with van der Waals surface area (Å²) in [6.07, 6.45) is 6.98. The second-order valence-corrected chi connectivity index (χ2v) is 8.15. The number of aromatic nitrogens is 1. The van der Waals surface area contributed by atoms with E-state index < -0.39 is 0 Å². The number of hydrogen-bond acceptors (Lipinski definition) is 4. The van der Waals surface area contributed by atoms with Crippen LogP contribution in [0.4, 0.5) is 5.82 Å². The first-order valence-electron chi connectivity index (χ1n) is 9.87. The lowest BCUT2D eigenvalue weighted by Gasteiger charge is -2.21. The van der Waals surface area contributed by atoms with Crippen molar-refractivity contribution < 1.29 is 4.79 Å². The zero-order valence-electron chi connectivity index (χ0n) is 16.2. The van der Waals surface area contributed by atoms with Gasteiger partial charge in [-0.05, 0) is 25.3 Å². The van der Waals surface area contributed by atoms with Crippen molar-refractivity contribution in [2.75, 3.05) is 38.5 Å². The third kappa shape index (κ3) is 5.64. The third-order valence-corrected chi connectivity index (χ3v) is 5.78. The second-order valence-electron chi connectivity index (χ2n) is 7.31. The fraction of sp³-hybridized carbons (Fsp3) is 0.632. The minimum Gasteiger partial charge on any atom is -0.367 e. The van der Waals surface area contributed by atoms with Crippen molar-refractivity contribution in [2.45, 2.75) is 38.1 Å². The van der Waals surface area contributed by atoms with E-state index >= 15 is 0 Å². The van der Waals surface area contributed by atoms with Gasteiger partial charge in [-0.2, -0.15) is 0 Å². The number of guanidine groups is 1. The Morgan fingerprint density at radius 2 is 2.07 bits per heavy atom. The van der Waals surface area contributed by atoms with E-state index in [0.717, 1.165) is 38.3 Å². The second kappa shape index (κ2) is 10.2. The Morgan fingerprint density at radius 1 is 1.29 bits per heavy atom. The van der Waals surface area contributed by atoms with Gasteiger partial charge >= 0.3 is 0 Å². The Kier molecular flexibility index (Phi) is 7.62. The van der Waals surface area contributed by atoms with Crippen molar-refractivity contribution in [3.63, 3.8) is 0 Å². The first-order valence-corrected chi connectivity index (χ1v) is 10.6. The van der Waals surface area contributed by atoms with Crippen molar-refractivity contribution in [3.8, 4) is 0 Å². The van der Waals surface area contributed by atoms with Crippen LogP contribution in [0.3, 0.4) is 0 Å². The van der Waals surface area contributed by atoms with Crippen LogP contribution in [-0.4, -0.2) is 61.0 Å². The number of aliphatic imine (C=N–C) groups is 1. The molecule has 1 aromatic heterocycles. The fourth-order valence-electron chi connectivity index (χ4n) is 3.80. The van der Waals surface area contributed by atoms with Crippen molar-refractivity contribution >= 4 is 40.9 Å². The Hall–Kier alpha value is -1.73. The summed E-state index contributed by atoms with van der Waals surface area (Å²) in [4.78, 5) is 23.0. The molecule has 1 aromatic rings. The molecule has 3 N–H and O–H groups in total. The largest absolute Gasteiger partial charge is 0.367 e. The smallest absolute Gasteiger partial charge is 0.225 e. The Balaban J connectivity index is 1.38. The summed E-state index contributed by atoms with van der Waals surface area (Å²) in [5, 5.41) is 10.9. The summed E-state index contributed by atoms with van der Waals surface area (Å²) in [5.41, 5.74) is 0. The number of anilines is 1. The molecule has 1 aliphatic carbocycles. The van der Waals surface area contributed by atoms with Gasteiger partial charge in [-0.25, -0.2) is 4.98 Å². The van der Waals surface area contributed by atoms with Gasteiger partial charge in [0.2, 0.25) is 5.91 Å². The zero-order chi connectivity index (χ0) is 19.9. The zero-order valence-corrected chi connectivity index (χ0v) is 17.7. The van der Waals surface area contributed by atoms with Gasteiger partial charge in [0.05, 0.1) is 10.0 Å². The van der Waals surface area contributed by atoms with Crippen LogP contribution in [-0.2, 0) is 4.79 Å². The monoisotopic (exact) mass is 426 g/mol. The van der Waals surface area contributed by atoms with Crippen LogP contribution in [0.1, 0.15) is 32.1 Å². The minimum absolute atomic E-state index is 0.233. The number of nitrogens with zero attached hydrogens (tertiary/aromatic N) is 3. The molecule has 1 aliphatic heterocycles. The van der Waals surface area contributed by atoms with Gasteiger partial charge in [0.25, 0.3) is 0 Å². The van der Waals surface area contributed by atoms with Crippen LogP contribution in [0.5, 0.6) is 0 Å². The Morgan fingerprint density at radius 3 is 2.79 bits per heavy atom. The van der Waals surface area contributed by atoms with Crippen molar-refractivity contribution in [2.24, 2.45) is 10.9 Å². The minimum atomic E-state index is 0.233. The molecule has 1 amide bonds. The van der Waals surface area contributed by atoms with Crippen molar-refractivity contribution in [1.29, 1.82) is 0 Å². The average molecular weight is 427 g/mol. The highest BCUT2D eigenvalue weighted by Gasteiger charge is 2.32. The van der Waals surface area contributed by atoms with Crippen molar-refractivity contribution in [1.82, 2.24) is 20.5 Å². The first kappa shape index (κ1) is 21.0. The summed E-state index contributed by atoms with van der Waals surface area (Å²) in [5.74, 6) is 1.92. The molecule has 154 valence electrons. The maximum absolute atomic E-state index is 12.6. The van der Waals surface area contributed by atoms with E-state index in [9.17, 15) is 4.79 Å². The molecule has 9 heteroatoms. The standard InChI is InChI=1S/C19H28Cl2N6O/c1-22-19(24-8-7-23-17-16(21)10-14(20)11-25-17)26-15-6-9-27(12-15)18(28)13-4-2-3-5-13/h10-11,13,15H,2-9,12H2,1H3,(H,23,25)(H2,22,24,26). The quantitative estimate of drug-likeness (QED) is 0.370. The topological polar surface area (TPSA) is 81.7 Å². The lowest BCUT2D eigenvalue weighted by Crippen LogP contribution is -2.46. The molecule has 28 heavy (non-hydrogen) atoms. The van der Waals surface area contributed by atoms with E-state index in [2.05, 4.69) is 25.9 Å². The molecule has 2 fully saturated rings. The Bertz CT molecular complexity index is 708. The van der Waals surface area contributed by atoms with Gasteiger partial charge in [-0.1, -0.05) is 36.0 Å². The van der Waals surface area contributed by atoms with E-state index in [1.807, 2.05) is 4.90 Å². The van der Waals surface area contributed by atoms with E-state index in [4.69, 9.17) is 23.2 Å². The normalized spacial score (nSPS) is 20.5. The number of hydrogen-bond donors (Lipinski definition) is 3. The number of rotatable bonds is 6. The first-order chi connectivity index (χ1) is 13.6. The molecule has 7 nitrogen and oxygen atoms in total. The molecular weight excluding hydrogens is 399 g/mol. The van der Waals surface area contributed by atoms with E-state index in [1.54, 1.807) is 19.3 Å². The molecule has 2 aliphatic rings. The lowest BCUT2D eigenvalue weighted by atomic mass is 10.1. The van der Waals surface area contributed by atoms with E-state index in [-0.39, 0.29) is 12.0 Å². The van der Waals surface area contributed by atoms with Gasteiger partial charge in [-0.3, -0.25) is 9.79 Å². The van der Waals surface area contributed by atoms with Gasteiger partial charge < -0.3 is 20.9 Å². The fourth-order valence-corrected chi connectivity index (χ4v) is 4.25. The number of likely N-dealkylation sites (tertiary alicyclic amines) is 1. The molecule has 0 aromatic carbocycles. The highest BCUT2D eigenvalue weighted by atomic mass is 35.5. The third-order valence-electron chi connectivity index (χ3n) is 5.29. The molecule has 1 saturated heterocycles. The molecular formula is C19H28Cl2N6O. The van der Waals surface area contributed by atoms with Crippen LogP contribution in [0.15, 0.2) is 17.3 Å². The van der Waals surface area contributed by atoms with Crippen LogP contribution in [0, 0.1) is 5.92 Å². The average Bonchev–Trinajstić information content (AvgIpc) is 3.37. The summed E-state index contributed by atoms with van der Waals surface area (Å²) < 4.78 is 0. The maximum Gasteiger partial charge on any atom is 0.225 e. The van der Waals surface area contributed by atoms with E-state index in [0.29, 0.717) is 34.9 Å². The van der Waals surface area contributed by atoms with E-state index in [1.165, 1.54) is 12.8 Å². The predicted molar refractivity (Wildman–Crippen MR) is 114 cm³/mol. The molecule has 0 bridgehead atoms. The number of carbonyl (C=O) groups is 1. The Labute approximate surface area is 176 Å². The number of halogens is 2. The molecule has 0 radical (unpaired) electrons. The summed E-state index contributed by atoms with van der Waals surface area (Å²) in [7, 11) is 1.75. The highest BCUT2D eigenvalue weighted by Crippen LogP contribution is 2.27. The maximum atomic E-state index is 12.6. The van der Waals surface area contributed by atoms with Crippen LogP contribution < -0.4 is 16.0 Å². The van der Waals surface area contributed by atoms with Gasteiger partial charge in [-0.15, -0.1) is 0 Å². The molecule has 1 unspecified atom stereocenters. The van der Waals surface area contributed by atoms with Crippen LogP contribution >= 0.6 is 23.2 Å². The van der Waals surface area contributed by atoms with Crippen molar-refractivity contribution in [3.05, 3.63) is 22.3 Å². The lowest BCUT2D eigenvalue weighted by molar-refractivity contribution is -0.134. The molecule has 3 rings (SSSR count). The van der Waals surface area contributed by atoms with Crippen LogP contribution in [0.2, 0.25) is 10.0 Å². The SMILES string of the molecule is CN=C(NCCNc1ncc(Cl)cc1Cl)NC1CCN(C(=O)C2CCCC2)C1. The molecule has 1 atom stereocenters. The summed E-state index contributed by atoms with van der Waals surface area (Å²) in [6, 6.07) is 1.89. The summed E-state index contributed by atoms with van der Waals surface area (Å²) in [6.45, 7) is 2.86. The number of pyridine rings is 1.